The van der Waals surface area contributed by atoms with Gasteiger partial charge >= 0.3 is 0 Å². The van der Waals surface area contributed by atoms with Crippen molar-refractivity contribution in [3.63, 3.8) is 0 Å². The third kappa shape index (κ3) is 6.86. The summed E-state index contributed by atoms with van der Waals surface area (Å²) in [6.07, 6.45) is 3.58. The maximum atomic E-state index is 8.32. The standard InChI is InChI=1S/C10H15N/c1-9(2)5-4-6-10(3)7-8-11/h1,3-7H2,2H3. The first kappa shape index (κ1) is 9.97. The van der Waals surface area contributed by atoms with E-state index in [1.807, 2.05) is 6.92 Å². The van der Waals surface area contributed by atoms with Gasteiger partial charge in [0.2, 0.25) is 0 Å². The van der Waals surface area contributed by atoms with Crippen LogP contribution in [0.25, 0.3) is 0 Å². The molecule has 0 bridgehead atoms. The van der Waals surface area contributed by atoms with Crippen LogP contribution in [0.5, 0.6) is 0 Å². The summed E-state index contributed by atoms with van der Waals surface area (Å²) in [5, 5.41) is 8.32. The van der Waals surface area contributed by atoms with E-state index in [9.17, 15) is 0 Å². The van der Waals surface area contributed by atoms with Gasteiger partial charge in [-0.1, -0.05) is 17.7 Å². The average Bonchev–Trinajstić information content (AvgIpc) is 1.87. The van der Waals surface area contributed by atoms with Crippen molar-refractivity contribution >= 4 is 0 Å². The third-order valence-electron chi connectivity index (χ3n) is 1.46. The summed E-state index contributed by atoms with van der Waals surface area (Å²) in [6, 6.07) is 2.08. The summed E-state index contributed by atoms with van der Waals surface area (Å²) in [4.78, 5) is 0. The van der Waals surface area contributed by atoms with Crippen molar-refractivity contribution in [2.24, 2.45) is 0 Å². The molecule has 60 valence electrons. The molecular weight excluding hydrogens is 134 g/mol. The Morgan fingerprint density at radius 2 is 2.00 bits per heavy atom. The highest BCUT2D eigenvalue weighted by molar-refractivity contribution is 5.02. The van der Waals surface area contributed by atoms with E-state index in [1.165, 1.54) is 5.57 Å². The summed E-state index contributed by atoms with van der Waals surface area (Å²) in [5.41, 5.74) is 2.24. The highest BCUT2D eigenvalue weighted by Crippen LogP contribution is 2.11. The van der Waals surface area contributed by atoms with Gasteiger partial charge in [-0.25, -0.2) is 0 Å². The Morgan fingerprint density at radius 3 is 2.45 bits per heavy atom. The molecule has 0 heterocycles. The summed E-state index contributed by atoms with van der Waals surface area (Å²) >= 11 is 0. The largest absolute Gasteiger partial charge is 0.198 e. The summed E-state index contributed by atoms with van der Waals surface area (Å²) in [7, 11) is 0. The SMILES string of the molecule is C=C(C)CCCC(=C)CC#N. The van der Waals surface area contributed by atoms with Crippen LogP contribution in [0.2, 0.25) is 0 Å². The number of nitriles is 1. The van der Waals surface area contributed by atoms with Crippen molar-refractivity contribution in [3.8, 4) is 6.07 Å². The second kappa shape index (κ2) is 5.73. The van der Waals surface area contributed by atoms with E-state index >= 15 is 0 Å². The van der Waals surface area contributed by atoms with E-state index in [0.717, 1.165) is 24.8 Å². The molecule has 0 unspecified atom stereocenters. The number of hydrogen-bond donors (Lipinski definition) is 0. The lowest BCUT2D eigenvalue weighted by molar-refractivity contribution is 0.796. The molecule has 1 heteroatoms. The topological polar surface area (TPSA) is 23.8 Å². The van der Waals surface area contributed by atoms with Gasteiger partial charge in [0.25, 0.3) is 0 Å². The van der Waals surface area contributed by atoms with Crippen LogP contribution in [0.1, 0.15) is 32.6 Å². The molecule has 0 aromatic rings. The Labute approximate surface area is 69.0 Å². The van der Waals surface area contributed by atoms with Crippen LogP contribution in [-0.2, 0) is 0 Å². The van der Waals surface area contributed by atoms with E-state index in [0.29, 0.717) is 6.42 Å². The molecule has 0 rings (SSSR count). The lowest BCUT2D eigenvalue weighted by Crippen LogP contribution is -1.81. The van der Waals surface area contributed by atoms with E-state index in [-0.39, 0.29) is 0 Å². The van der Waals surface area contributed by atoms with Crippen molar-refractivity contribution in [2.45, 2.75) is 32.6 Å². The molecule has 11 heavy (non-hydrogen) atoms. The maximum Gasteiger partial charge on any atom is 0.0666 e. The van der Waals surface area contributed by atoms with Gasteiger partial charge in [0.1, 0.15) is 0 Å². The molecule has 0 aliphatic rings. The maximum absolute atomic E-state index is 8.32. The molecule has 0 N–H and O–H groups in total. The minimum atomic E-state index is 0.496. The summed E-state index contributed by atoms with van der Waals surface area (Å²) in [5.74, 6) is 0. The van der Waals surface area contributed by atoms with E-state index in [4.69, 9.17) is 5.26 Å². The third-order valence-corrected chi connectivity index (χ3v) is 1.46. The van der Waals surface area contributed by atoms with Crippen LogP contribution in [-0.4, -0.2) is 0 Å². The molecule has 0 spiro atoms. The molecule has 0 aromatic carbocycles. The fraction of sp³-hybridized carbons (Fsp3) is 0.500. The zero-order chi connectivity index (χ0) is 8.69. The first-order valence-electron chi connectivity index (χ1n) is 3.84. The summed E-state index contributed by atoms with van der Waals surface area (Å²) in [6.45, 7) is 9.61. The number of nitrogens with zero attached hydrogens (tertiary/aromatic N) is 1. The zero-order valence-corrected chi connectivity index (χ0v) is 7.19. The molecule has 0 saturated carbocycles. The van der Waals surface area contributed by atoms with Gasteiger partial charge in [-0.15, -0.1) is 6.58 Å². The Balaban J connectivity index is 3.33. The predicted molar refractivity (Wildman–Crippen MR) is 48.0 cm³/mol. The lowest BCUT2D eigenvalue weighted by atomic mass is 10.1. The minimum Gasteiger partial charge on any atom is -0.198 e. The van der Waals surface area contributed by atoms with Crippen molar-refractivity contribution < 1.29 is 0 Å². The van der Waals surface area contributed by atoms with Crippen molar-refractivity contribution in [1.29, 1.82) is 5.26 Å². The van der Waals surface area contributed by atoms with Gasteiger partial charge in [0.15, 0.2) is 0 Å². The number of rotatable bonds is 5. The van der Waals surface area contributed by atoms with Crippen LogP contribution in [0.3, 0.4) is 0 Å². The van der Waals surface area contributed by atoms with Gasteiger partial charge in [0, 0.05) is 0 Å². The molecule has 1 nitrogen and oxygen atoms in total. The van der Waals surface area contributed by atoms with Crippen molar-refractivity contribution in [2.75, 3.05) is 0 Å². The number of hydrogen-bond acceptors (Lipinski definition) is 1. The van der Waals surface area contributed by atoms with Gasteiger partial charge in [-0.3, -0.25) is 0 Å². The van der Waals surface area contributed by atoms with Crippen LogP contribution in [0.4, 0.5) is 0 Å². The zero-order valence-electron chi connectivity index (χ0n) is 7.19. The van der Waals surface area contributed by atoms with Crippen molar-refractivity contribution in [3.05, 3.63) is 24.3 Å². The Bertz CT molecular complexity index is 184. The quantitative estimate of drug-likeness (QED) is 0.551. The predicted octanol–water partition coefficient (Wildman–Crippen LogP) is 3.20. The lowest BCUT2D eigenvalue weighted by Gasteiger charge is -1.99. The van der Waals surface area contributed by atoms with E-state index in [1.54, 1.807) is 0 Å². The van der Waals surface area contributed by atoms with Crippen LogP contribution in [0.15, 0.2) is 24.3 Å². The Hall–Kier alpha value is -1.03. The second-order valence-electron chi connectivity index (χ2n) is 2.90. The summed E-state index contributed by atoms with van der Waals surface area (Å²) < 4.78 is 0. The molecule has 0 atom stereocenters. The fourth-order valence-corrected chi connectivity index (χ4v) is 0.840. The smallest absolute Gasteiger partial charge is 0.0666 e. The number of allylic oxidation sites excluding steroid dienone is 2. The van der Waals surface area contributed by atoms with Crippen LogP contribution >= 0.6 is 0 Å². The average molecular weight is 149 g/mol. The first-order chi connectivity index (χ1) is 5.16. The molecule has 0 aromatic heterocycles. The van der Waals surface area contributed by atoms with Gasteiger partial charge in [-0.2, -0.15) is 5.26 Å². The highest BCUT2D eigenvalue weighted by Gasteiger charge is 1.93. The van der Waals surface area contributed by atoms with Gasteiger partial charge in [-0.05, 0) is 26.2 Å². The fourth-order valence-electron chi connectivity index (χ4n) is 0.840. The Morgan fingerprint density at radius 1 is 1.36 bits per heavy atom. The van der Waals surface area contributed by atoms with E-state index < -0.39 is 0 Å². The van der Waals surface area contributed by atoms with Gasteiger partial charge in [0.05, 0.1) is 12.5 Å². The monoisotopic (exact) mass is 149 g/mol. The Kier molecular flexibility index (Phi) is 5.20. The van der Waals surface area contributed by atoms with Crippen molar-refractivity contribution in [1.82, 2.24) is 0 Å². The van der Waals surface area contributed by atoms with Gasteiger partial charge < -0.3 is 0 Å². The molecule has 0 saturated heterocycles. The second-order valence-corrected chi connectivity index (χ2v) is 2.90. The minimum absolute atomic E-state index is 0.496. The molecular formula is C10H15N. The molecule has 0 fully saturated rings. The molecule has 0 aliphatic heterocycles. The molecule has 0 aliphatic carbocycles. The van der Waals surface area contributed by atoms with Crippen LogP contribution < -0.4 is 0 Å². The normalized spacial score (nSPS) is 8.73. The first-order valence-corrected chi connectivity index (χ1v) is 3.84. The molecule has 0 amide bonds. The van der Waals surface area contributed by atoms with E-state index in [2.05, 4.69) is 19.2 Å². The highest BCUT2D eigenvalue weighted by atomic mass is 14.2. The van der Waals surface area contributed by atoms with Crippen LogP contribution in [0, 0.1) is 11.3 Å². The molecule has 0 radical (unpaired) electrons.